The Morgan fingerprint density at radius 3 is 2.61 bits per heavy atom. The Balaban J connectivity index is 1.58. The highest BCUT2D eigenvalue weighted by molar-refractivity contribution is 7.99. The third-order valence-electron chi connectivity index (χ3n) is 4.68. The number of anilines is 1. The fourth-order valence-corrected chi connectivity index (χ4v) is 3.99. The lowest BCUT2D eigenvalue weighted by Gasteiger charge is -2.27. The smallest absolute Gasteiger partial charge is 0.230 e. The Bertz CT molecular complexity index is 759. The van der Waals surface area contributed by atoms with E-state index in [1.54, 1.807) is 0 Å². The number of benzene rings is 1. The zero-order valence-electron chi connectivity index (χ0n) is 16.8. The SMILES string of the molecule is CC(C)CC(NC(=O)CSc1nnc(N2CCOCC2)n1C)c1ccccc1. The summed E-state index contributed by atoms with van der Waals surface area (Å²) in [5.74, 6) is 1.65. The van der Waals surface area contributed by atoms with Crippen molar-refractivity contribution in [3.05, 3.63) is 35.9 Å². The van der Waals surface area contributed by atoms with E-state index in [9.17, 15) is 4.79 Å². The van der Waals surface area contributed by atoms with Crippen molar-refractivity contribution in [3.8, 4) is 0 Å². The molecule has 1 N–H and O–H groups in total. The third kappa shape index (κ3) is 5.48. The van der Waals surface area contributed by atoms with Crippen LogP contribution in [0.2, 0.25) is 0 Å². The number of carbonyl (C=O) groups excluding carboxylic acids is 1. The first-order valence-corrected chi connectivity index (χ1v) is 10.7. The van der Waals surface area contributed by atoms with Crippen LogP contribution < -0.4 is 10.2 Å². The van der Waals surface area contributed by atoms with E-state index in [0.29, 0.717) is 24.9 Å². The minimum absolute atomic E-state index is 0.00965. The van der Waals surface area contributed by atoms with Gasteiger partial charge in [0.15, 0.2) is 5.16 Å². The predicted octanol–water partition coefficient (Wildman–Crippen LogP) is 2.65. The second-order valence-corrected chi connectivity index (χ2v) is 8.33. The number of hydrogen-bond acceptors (Lipinski definition) is 6. The summed E-state index contributed by atoms with van der Waals surface area (Å²) < 4.78 is 7.34. The molecule has 1 aliphatic rings. The molecule has 2 heterocycles. The molecule has 1 aromatic heterocycles. The van der Waals surface area contributed by atoms with Gasteiger partial charge >= 0.3 is 0 Å². The van der Waals surface area contributed by atoms with Gasteiger partial charge in [-0.3, -0.25) is 9.36 Å². The largest absolute Gasteiger partial charge is 0.378 e. The number of thioether (sulfide) groups is 1. The molecule has 1 aliphatic heterocycles. The molecular weight excluding hydrogens is 374 g/mol. The maximum absolute atomic E-state index is 12.6. The fraction of sp³-hybridized carbons (Fsp3) is 0.550. The molecular formula is C20H29N5O2S. The van der Waals surface area contributed by atoms with Crippen molar-refractivity contribution in [1.29, 1.82) is 0 Å². The van der Waals surface area contributed by atoms with E-state index < -0.39 is 0 Å². The van der Waals surface area contributed by atoms with Crippen LogP contribution in [0.25, 0.3) is 0 Å². The van der Waals surface area contributed by atoms with Gasteiger partial charge in [0.2, 0.25) is 11.9 Å². The molecule has 28 heavy (non-hydrogen) atoms. The van der Waals surface area contributed by atoms with E-state index in [0.717, 1.165) is 36.2 Å². The van der Waals surface area contributed by atoms with Crippen LogP contribution in [0.1, 0.15) is 31.9 Å². The summed E-state index contributed by atoms with van der Waals surface area (Å²) in [6.45, 7) is 7.37. The number of rotatable bonds is 8. The van der Waals surface area contributed by atoms with Gasteiger partial charge in [-0.25, -0.2) is 0 Å². The summed E-state index contributed by atoms with van der Waals surface area (Å²) in [5, 5.41) is 12.5. The maximum atomic E-state index is 12.6. The average molecular weight is 404 g/mol. The van der Waals surface area contributed by atoms with Crippen molar-refractivity contribution < 1.29 is 9.53 Å². The van der Waals surface area contributed by atoms with Crippen molar-refractivity contribution in [2.75, 3.05) is 37.0 Å². The topological polar surface area (TPSA) is 72.3 Å². The number of carbonyl (C=O) groups is 1. The number of nitrogens with one attached hydrogen (secondary N) is 1. The first-order chi connectivity index (χ1) is 13.5. The lowest BCUT2D eigenvalue weighted by atomic mass is 9.97. The van der Waals surface area contributed by atoms with Gasteiger partial charge in [0.1, 0.15) is 0 Å². The van der Waals surface area contributed by atoms with Crippen LogP contribution in [-0.4, -0.2) is 52.7 Å². The second-order valence-electron chi connectivity index (χ2n) is 7.39. The highest BCUT2D eigenvalue weighted by atomic mass is 32.2. The summed E-state index contributed by atoms with van der Waals surface area (Å²) in [6.07, 6.45) is 0.908. The van der Waals surface area contributed by atoms with Gasteiger partial charge in [-0.1, -0.05) is 55.9 Å². The highest BCUT2D eigenvalue weighted by Crippen LogP contribution is 2.23. The van der Waals surface area contributed by atoms with E-state index in [-0.39, 0.29) is 11.9 Å². The summed E-state index contributed by atoms with van der Waals surface area (Å²) in [6, 6.07) is 10.2. The molecule has 0 saturated carbocycles. The third-order valence-corrected chi connectivity index (χ3v) is 5.70. The molecule has 152 valence electrons. The monoisotopic (exact) mass is 403 g/mol. The van der Waals surface area contributed by atoms with Crippen LogP contribution in [0, 0.1) is 5.92 Å². The molecule has 3 rings (SSSR count). The van der Waals surface area contributed by atoms with Gasteiger partial charge in [0, 0.05) is 20.1 Å². The van der Waals surface area contributed by atoms with E-state index in [2.05, 4.69) is 46.4 Å². The van der Waals surface area contributed by atoms with Crippen molar-refractivity contribution in [1.82, 2.24) is 20.1 Å². The summed E-state index contributed by atoms with van der Waals surface area (Å²) >= 11 is 1.42. The molecule has 7 nitrogen and oxygen atoms in total. The van der Waals surface area contributed by atoms with E-state index >= 15 is 0 Å². The molecule has 2 aromatic rings. The minimum Gasteiger partial charge on any atom is -0.378 e. The molecule has 0 radical (unpaired) electrons. The average Bonchev–Trinajstić information content (AvgIpc) is 3.07. The minimum atomic E-state index is 0.00965. The van der Waals surface area contributed by atoms with Gasteiger partial charge in [-0.05, 0) is 17.9 Å². The number of morpholine rings is 1. The summed E-state index contributed by atoms with van der Waals surface area (Å²) in [7, 11) is 1.94. The van der Waals surface area contributed by atoms with Crippen molar-refractivity contribution in [2.24, 2.45) is 13.0 Å². The van der Waals surface area contributed by atoms with E-state index in [1.165, 1.54) is 11.8 Å². The van der Waals surface area contributed by atoms with Crippen LogP contribution in [0.4, 0.5) is 5.95 Å². The standard InChI is InChI=1S/C20H29N5O2S/c1-15(2)13-17(16-7-5-4-6-8-16)21-18(26)14-28-20-23-22-19(24(20)3)25-9-11-27-12-10-25/h4-8,15,17H,9-14H2,1-3H3,(H,21,26). The molecule has 0 spiro atoms. The molecule has 1 saturated heterocycles. The van der Waals surface area contributed by atoms with E-state index in [1.807, 2.05) is 29.8 Å². The Morgan fingerprint density at radius 2 is 1.93 bits per heavy atom. The number of aromatic nitrogens is 3. The van der Waals surface area contributed by atoms with Gasteiger partial charge in [-0.2, -0.15) is 0 Å². The Labute approximate surface area is 170 Å². The van der Waals surface area contributed by atoms with Gasteiger partial charge < -0.3 is 15.0 Å². The van der Waals surface area contributed by atoms with Crippen LogP contribution in [0.3, 0.4) is 0 Å². The zero-order valence-corrected chi connectivity index (χ0v) is 17.6. The first-order valence-electron chi connectivity index (χ1n) is 9.73. The second kappa shape index (κ2) is 9.93. The molecule has 1 aromatic carbocycles. The molecule has 0 bridgehead atoms. The Morgan fingerprint density at radius 1 is 1.21 bits per heavy atom. The lowest BCUT2D eigenvalue weighted by molar-refractivity contribution is -0.119. The zero-order chi connectivity index (χ0) is 19.9. The van der Waals surface area contributed by atoms with Gasteiger partial charge in [-0.15, -0.1) is 10.2 Å². The van der Waals surface area contributed by atoms with Gasteiger partial charge in [0.25, 0.3) is 0 Å². The quantitative estimate of drug-likeness (QED) is 0.683. The number of hydrogen-bond donors (Lipinski definition) is 1. The number of ether oxygens (including phenoxy) is 1. The van der Waals surface area contributed by atoms with Crippen molar-refractivity contribution in [2.45, 2.75) is 31.5 Å². The van der Waals surface area contributed by atoms with Crippen LogP contribution in [0.5, 0.6) is 0 Å². The molecule has 1 atom stereocenters. The normalized spacial score (nSPS) is 15.6. The molecule has 0 aliphatic carbocycles. The molecule has 1 fully saturated rings. The number of amides is 1. The van der Waals surface area contributed by atoms with Gasteiger partial charge in [0.05, 0.1) is 25.0 Å². The summed E-state index contributed by atoms with van der Waals surface area (Å²) in [5.41, 5.74) is 1.14. The molecule has 8 heteroatoms. The summed E-state index contributed by atoms with van der Waals surface area (Å²) in [4.78, 5) is 14.7. The Hall–Kier alpha value is -2.06. The lowest BCUT2D eigenvalue weighted by Crippen LogP contribution is -2.37. The number of nitrogens with zero attached hydrogens (tertiary/aromatic N) is 4. The fourth-order valence-electron chi connectivity index (χ4n) is 3.27. The van der Waals surface area contributed by atoms with Crippen LogP contribution in [-0.2, 0) is 16.6 Å². The highest BCUT2D eigenvalue weighted by Gasteiger charge is 2.20. The van der Waals surface area contributed by atoms with Crippen molar-refractivity contribution >= 4 is 23.6 Å². The van der Waals surface area contributed by atoms with Crippen LogP contribution in [0.15, 0.2) is 35.5 Å². The van der Waals surface area contributed by atoms with Crippen molar-refractivity contribution in [3.63, 3.8) is 0 Å². The first kappa shape index (κ1) is 20.7. The maximum Gasteiger partial charge on any atom is 0.230 e. The van der Waals surface area contributed by atoms with E-state index in [4.69, 9.17) is 4.74 Å². The Kier molecular flexibility index (Phi) is 7.33. The molecule has 1 amide bonds. The van der Waals surface area contributed by atoms with Crippen LogP contribution >= 0.6 is 11.8 Å². The predicted molar refractivity (Wildman–Crippen MR) is 112 cm³/mol. The molecule has 1 unspecified atom stereocenters.